The first-order chi connectivity index (χ1) is 9.69. The van der Waals surface area contributed by atoms with Gasteiger partial charge in [-0.15, -0.1) is 0 Å². The number of methoxy groups -OCH3 is 1. The van der Waals surface area contributed by atoms with E-state index in [2.05, 4.69) is 5.32 Å². The average Bonchev–Trinajstić information content (AvgIpc) is 2.89. The van der Waals surface area contributed by atoms with Crippen LogP contribution in [0.4, 0.5) is 0 Å². The van der Waals surface area contributed by atoms with E-state index in [1.165, 1.54) is 6.08 Å². The Hall–Kier alpha value is -2.49. The summed E-state index contributed by atoms with van der Waals surface area (Å²) in [7, 11) is 1.61. The fourth-order valence-electron chi connectivity index (χ4n) is 1.79. The van der Waals surface area contributed by atoms with E-state index in [0.29, 0.717) is 12.3 Å². The van der Waals surface area contributed by atoms with E-state index in [1.807, 2.05) is 43.3 Å². The molecule has 0 radical (unpaired) electrons. The Morgan fingerprint density at radius 1 is 1.30 bits per heavy atom. The van der Waals surface area contributed by atoms with Gasteiger partial charge in [0.25, 0.3) is 0 Å². The first-order valence-electron chi connectivity index (χ1n) is 6.33. The normalized spacial score (nSPS) is 10.7. The predicted octanol–water partition coefficient (Wildman–Crippen LogP) is 2.93. The number of aryl methyl sites for hydroxylation is 1. The highest BCUT2D eigenvalue weighted by Crippen LogP contribution is 2.16. The molecular formula is C16H17NO3. The highest BCUT2D eigenvalue weighted by molar-refractivity contribution is 5.91. The zero-order chi connectivity index (χ0) is 14.4. The molecule has 0 saturated carbocycles. The summed E-state index contributed by atoms with van der Waals surface area (Å²) < 4.78 is 10.6. The molecule has 0 aliphatic rings. The van der Waals surface area contributed by atoms with Crippen LogP contribution < -0.4 is 10.1 Å². The van der Waals surface area contributed by atoms with Crippen LogP contribution in [0.15, 0.2) is 46.9 Å². The predicted molar refractivity (Wildman–Crippen MR) is 77.3 cm³/mol. The van der Waals surface area contributed by atoms with Crippen LogP contribution in [0.2, 0.25) is 0 Å². The van der Waals surface area contributed by atoms with Gasteiger partial charge < -0.3 is 14.5 Å². The highest BCUT2D eigenvalue weighted by atomic mass is 16.5. The van der Waals surface area contributed by atoms with Crippen molar-refractivity contribution in [3.63, 3.8) is 0 Å². The maximum Gasteiger partial charge on any atom is 0.244 e. The lowest BCUT2D eigenvalue weighted by molar-refractivity contribution is -0.116. The number of rotatable bonds is 5. The van der Waals surface area contributed by atoms with Crippen LogP contribution in [0.5, 0.6) is 5.75 Å². The van der Waals surface area contributed by atoms with Crippen LogP contribution in [-0.4, -0.2) is 13.0 Å². The van der Waals surface area contributed by atoms with Crippen molar-refractivity contribution in [3.8, 4) is 5.75 Å². The number of ether oxygens (including phenoxy) is 1. The minimum absolute atomic E-state index is 0.176. The molecule has 0 atom stereocenters. The molecule has 1 aromatic carbocycles. The maximum atomic E-state index is 11.7. The summed E-state index contributed by atoms with van der Waals surface area (Å²) in [6, 6.07) is 11.3. The molecule has 1 N–H and O–H groups in total. The topological polar surface area (TPSA) is 51.5 Å². The average molecular weight is 271 g/mol. The van der Waals surface area contributed by atoms with Gasteiger partial charge in [0, 0.05) is 18.2 Å². The van der Waals surface area contributed by atoms with Crippen LogP contribution in [-0.2, 0) is 11.3 Å². The van der Waals surface area contributed by atoms with Crippen LogP contribution >= 0.6 is 0 Å². The Morgan fingerprint density at radius 2 is 2.10 bits per heavy atom. The van der Waals surface area contributed by atoms with Crippen molar-refractivity contribution in [2.75, 3.05) is 7.11 Å². The van der Waals surface area contributed by atoms with Crippen LogP contribution in [0.3, 0.4) is 0 Å². The van der Waals surface area contributed by atoms with Crippen molar-refractivity contribution in [1.29, 1.82) is 0 Å². The second-order valence-electron chi connectivity index (χ2n) is 4.31. The van der Waals surface area contributed by atoms with Gasteiger partial charge in [-0.3, -0.25) is 4.79 Å². The summed E-state index contributed by atoms with van der Waals surface area (Å²) >= 11 is 0. The molecule has 0 bridgehead atoms. The minimum atomic E-state index is -0.176. The molecule has 0 unspecified atom stereocenters. The first kappa shape index (κ1) is 13.9. The molecule has 0 spiro atoms. The monoisotopic (exact) mass is 271 g/mol. The van der Waals surface area contributed by atoms with Crippen molar-refractivity contribution in [2.24, 2.45) is 0 Å². The molecular weight excluding hydrogens is 254 g/mol. The second kappa shape index (κ2) is 6.61. The lowest BCUT2D eigenvalue weighted by atomic mass is 10.2. The number of hydrogen-bond donors (Lipinski definition) is 1. The van der Waals surface area contributed by atoms with Crippen molar-refractivity contribution in [3.05, 3.63) is 59.6 Å². The van der Waals surface area contributed by atoms with Gasteiger partial charge in [-0.1, -0.05) is 18.2 Å². The third-order valence-electron chi connectivity index (χ3n) is 2.81. The molecule has 2 aromatic rings. The number of furan rings is 1. The summed E-state index contributed by atoms with van der Waals surface area (Å²) in [5.74, 6) is 2.07. The van der Waals surface area contributed by atoms with Crippen molar-refractivity contribution >= 4 is 12.0 Å². The SMILES string of the molecule is COc1ccccc1CNC(=O)/C=C/c1ccc(C)o1. The number of carbonyl (C=O) groups excluding carboxylic acids is 1. The zero-order valence-electron chi connectivity index (χ0n) is 11.6. The van der Waals surface area contributed by atoms with Gasteiger partial charge in [-0.25, -0.2) is 0 Å². The molecule has 4 nitrogen and oxygen atoms in total. The van der Waals surface area contributed by atoms with E-state index < -0.39 is 0 Å². The number of carbonyl (C=O) groups is 1. The van der Waals surface area contributed by atoms with Crippen LogP contribution in [0.25, 0.3) is 6.08 Å². The molecule has 0 fully saturated rings. The van der Waals surface area contributed by atoms with Gasteiger partial charge >= 0.3 is 0 Å². The van der Waals surface area contributed by atoms with Gasteiger partial charge in [0.1, 0.15) is 17.3 Å². The largest absolute Gasteiger partial charge is 0.496 e. The number of hydrogen-bond acceptors (Lipinski definition) is 3. The Balaban J connectivity index is 1.90. The fraction of sp³-hybridized carbons (Fsp3) is 0.188. The highest BCUT2D eigenvalue weighted by Gasteiger charge is 2.03. The molecule has 0 saturated heterocycles. The van der Waals surface area contributed by atoms with Crippen LogP contribution in [0, 0.1) is 6.92 Å². The summed E-state index contributed by atoms with van der Waals surface area (Å²) in [4.78, 5) is 11.7. The third kappa shape index (κ3) is 3.75. The zero-order valence-corrected chi connectivity index (χ0v) is 11.6. The van der Waals surface area contributed by atoms with Gasteiger partial charge in [-0.05, 0) is 31.2 Å². The number of amides is 1. The lowest BCUT2D eigenvalue weighted by Crippen LogP contribution is -2.20. The van der Waals surface area contributed by atoms with Crippen LogP contribution in [0.1, 0.15) is 17.1 Å². The standard InChI is InChI=1S/C16H17NO3/c1-12-7-8-14(20-12)9-10-16(18)17-11-13-5-3-4-6-15(13)19-2/h3-10H,11H2,1-2H3,(H,17,18)/b10-9+. The van der Waals surface area contributed by atoms with E-state index in [4.69, 9.17) is 9.15 Å². The first-order valence-corrected chi connectivity index (χ1v) is 6.33. The molecule has 0 aliphatic carbocycles. The van der Waals surface area contributed by atoms with Crippen molar-refractivity contribution in [2.45, 2.75) is 13.5 Å². The summed E-state index contributed by atoms with van der Waals surface area (Å²) in [5, 5.41) is 2.80. The van der Waals surface area contributed by atoms with Gasteiger partial charge in [0.05, 0.1) is 7.11 Å². The number of benzene rings is 1. The molecule has 20 heavy (non-hydrogen) atoms. The lowest BCUT2D eigenvalue weighted by Gasteiger charge is -2.08. The van der Waals surface area contributed by atoms with E-state index >= 15 is 0 Å². The van der Waals surface area contributed by atoms with Crippen molar-refractivity contribution < 1.29 is 13.9 Å². The number of nitrogens with one attached hydrogen (secondary N) is 1. The molecule has 2 rings (SSSR count). The van der Waals surface area contributed by atoms with Gasteiger partial charge in [0.2, 0.25) is 5.91 Å². The summed E-state index contributed by atoms with van der Waals surface area (Å²) in [6.07, 6.45) is 3.10. The molecule has 4 heteroatoms. The molecule has 0 aliphatic heterocycles. The van der Waals surface area contributed by atoms with Gasteiger partial charge in [0.15, 0.2) is 0 Å². The number of para-hydroxylation sites is 1. The van der Waals surface area contributed by atoms with E-state index in [0.717, 1.165) is 17.1 Å². The molecule has 1 heterocycles. The Kier molecular flexibility index (Phi) is 4.60. The molecule has 104 valence electrons. The Labute approximate surface area is 118 Å². The Morgan fingerprint density at radius 3 is 2.80 bits per heavy atom. The third-order valence-corrected chi connectivity index (χ3v) is 2.81. The fourth-order valence-corrected chi connectivity index (χ4v) is 1.79. The van der Waals surface area contributed by atoms with E-state index in [9.17, 15) is 4.79 Å². The molecule has 1 amide bonds. The van der Waals surface area contributed by atoms with E-state index in [-0.39, 0.29) is 5.91 Å². The summed E-state index contributed by atoms with van der Waals surface area (Å²) in [6.45, 7) is 2.28. The second-order valence-corrected chi connectivity index (χ2v) is 4.31. The molecule has 1 aromatic heterocycles. The minimum Gasteiger partial charge on any atom is -0.496 e. The van der Waals surface area contributed by atoms with Gasteiger partial charge in [-0.2, -0.15) is 0 Å². The maximum absolute atomic E-state index is 11.7. The quantitative estimate of drug-likeness (QED) is 0.851. The Bertz CT molecular complexity index is 614. The summed E-state index contributed by atoms with van der Waals surface area (Å²) in [5.41, 5.74) is 0.936. The van der Waals surface area contributed by atoms with Crippen molar-refractivity contribution in [1.82, 2.24) is 5.32 Å². The smallest absolute Gasteiger partial charge is 0.244 e. The van der Waals surface area contributed by atoms with E-state index in [1.54, 1.807) is 13.2 Å².